The summed E-state index contributed by atoms with van der Waals surface area (Å²) in [6, 6.07) is 9.67. The first-order chi connectivity index (χ1) is 7.50. The maximum absolute atomic E-state index is 10.9. The molecule has 92 valence electrons. The van der Waals surface area contributed by atoms with Crippen LogP contribution in [0.25, 0.3) is 10.8 Å². The quantitative estimate of drug-likeness (QED) is 0.680. The number of benzene rings is 2. The molecule has 0 fully saturated rings. The predicted molar refractivity (Wildman–Crippen MR) is 60.3 cm³/mol. The van der Waals surface area contributed by atoms with E-state index in [4.69, 9.17) is 9.29 Å². The van der Waals surface area contributed by atoms with Crippen molar-refractivity contribution in [1.29, 1.82) is 0 Å². The molecule has 4 nitrogen and oxygen atoms in total. The molecule has 0 aliphatic heterocycles. The number of rotatable bonds is 2. The Hall–Kier alpha value is -1.07. The minimum absolute atomic E-state index is 0. The van der Waals surface area contributed by atoms with Crippen LogP contribution in [-0.2, 0) is 27.2 Å². The van der Waals surface area contributed by atoms with E-state index in [-0.39, 0.29) is 22.0 Å². The Labute approximate surface area is 110 Å². The first kappa shape index (κ1) is 14.0. The summed E-state index contributed by atoms with van der Waals surface area (Å²) in [5, 5.41) is 1.59. The van der Waals surface area contributed by atoms with Crippen molar-refractivity contribution < 1.29 is 34.8 Å². The van der Waals surface area contributed by atoms with Gasteiger partial charge in [0.15, 0.2) is 0 Å². The molecule has 0 amide bonds. The third kappa shape index (κ3) is 2.98. The summed E-state index contributed by atoms with van der Waals surface area (Å²) in [6.45, 7) is 0. The van der Waals surface area contributed by atoms with Crippen LogP contribution in [0.4, 0.5) is 0 Å². The summed E-state index contributed by atoms with van der Waals surface area (Å²) in [5.41, 5.74) is 0. The second kappa shape index (κ2) is 5.06. The average molecular weight is 294 g/mol. The van der Waals surface area contributed by atoms with E-state index in [1.165, 1.54) is 12.1 Å². The van der Waals surface area contributed by atoms with Gasteiger partial charge in [-0.15, -0.1) is 0 Å². The van der Waals surface area contributed by atoms with E-state index in [2.05, 4.69) is 0 Å². The van der Waals surface area contributed by atoms with Crippen LogP contribution in [0, 0.1) is 0 Å². The van der Waals surface area contributed by atoms with Gasteiger partial charge in [0, 0.05) is 17.1 Å². The zero-order chi connectivity index (χ0) is 11.8. The van der Waals surface area contributed by atoms with E-state index in [9.17, 15) is 8.42 Å². The number of hydrogen-bond donors (Lipinski definition) is 1. The number of hydrogen-bond acceptors (Lipinski definition) is 3. The van der Waals surface area contributed by atoms with Gasteiger partial charge in [-0.3, -0.25) is 4.55 Å². The zero-order valence-electron chi connectivity index (χ0n) is 8.90. The van der Waals surface area contributed by atoms with Crippen molar-refractivity contribution in [3.05, 3.63) is 36.4 Å². The summed E-state index contributed by atoms with van der Waals surface area (Å²) in [7, 11) is -2.58. The standard InChI is InChI=1S/C11H10O4S.Fe/c1-15-10-4-2-9-7-11(16(12,13)14)5-3-8(9)6-10;/h2-7H,1H3,(H,12,13,14);. The molecule has 0 saturated heterocycles. The van der Waals surface area contributed by atoms with Crippen LogP contribution in [0.3, 0.4) is 0 Å². The minimum atomic E-state index is -4.14. The Morgan fingerprint density at radius 1 is 1.06 bits per heavy atom. The van der Waals surface area contributed by atoms with Gasteiger partial charge in [-0.2, -0.15) is 8.42 Å². The van der Waals surface area contributed by atoms with Gasteiger partial charge in [0.2, 0.25) is 0 Å². The van der Waals surface area contributed by atoms with Gasteiger partial charge >= 0.3 is 0 Å². The van der Waals surface area contributed by atoms with E-state index in [1.807, 2.05) is 0 Å². The second-order valence-electron chi connectivity index (χ2n) is 3.35. The molecule has 0 saturated carbocycles. The molecule has 0 aliphatic rings. The first-order valence-electron chi connectivity index (χ1n) is 4.56. The van der Waals surface area contributed by atoms with Crippen LogP contribution in [-0.4, -0.2) is 20.1 Å². The van der Waals surface area contributed by atoms with E-state index in [1.54, 1.807) is 31.4 Å². The smallest absolute Gasteiger partial charge is 0.294 e. The summed E-state index contributed by atoms with van der Waals surface area (Å²) < 4.78 is 35.8. The van der Waals surface area contributed by atoms with Gasteiger partial charge in [-0.05, 0) is 35.0 Å². The number of fused-ring (bicyclic) bond motifs is 1. The molecule has 0 aromatic heterocycles. The van der Waals surface area contributed by atoms with Crippen molar-refractivity contribution in [2.75, 3.05) is 7.11 Å². The molecule has 17 heavy (non-hydrogen) atoms. The fourth-order valence-electron chi connectivity index (χ4n) is 1.49. The first-order valence-corrected chi connectivity index (χ1v) is 6.00. The summed E-state index contributed by atoms with van der Waals surface area (Å²) in [6.07, 6.45) is 0. The van der Waals surface area contributed by atoms with Crippen molar-refractivity contribution in [3.8, 4) is 5.75 Å². The van der Waals surface area contributed by atoms with E-state index < -0.39 is 10.1 Å². The average Bonchev–Trinajstić information content (AvgIpc) is 2.26. The molecule has 0 radical (unpaired) electrons. The van der Waals surface area contributed by atoms with E-state index in [0.717, 1.165) is 10.8 Å². The third-order valence-corrected chi connectivity index (χ3v) is 3.17. The molecule has 0 heterocycles. The monoisotopic (exact) mass is 294 g/mol. The fraction of sp³-hybridized carbons (Fsp3) is 0.0909. The van der Waals surface area contributed by atoms with Gasteiger partial charge < -0.3 is 4.74 Å². The van der Waals surface area contributed by atoms with Gasteiger partial charge in [-0.25, -0.2) is 0 Å². The summed E-state index contributed by atoms with van der Waals surface area (Å²) in [5.74, 6) is 0.701. The van der Waals surface area contributed by atoms with Crippen molar-refractivity contribution >= 4 is 20.9 Å². The predicted octanol–water partition coefficient (Wildman–Crippen LogP) is 2.09. The summed E-state index contributed by atoms with van der Waals surface area (Å²) >= 11 is 0. The van der Waals surface area contributed by atoms with Crippen LogP contribution in [0.2, 0.25) is 0 Å². The molecule has 6 heteroatoms. The second-order valence-corrected chi connectivity index (χ2v) is 4.77. The molecule has 0 bridgehead atoms. The number of methoxy groups -OCH3 is 1. The Kier molecular flexibility index (Phi) is 4.16. The molecule has 1 N–H and O–H groups in total. The third-order valence-electron chi connectivity index (χ3n) is 2.32. The van der Waals surface area contributed by atoms with Crippen molar-refractivity contribution in [3.63, 3.8) is 0 Å². The summed E-state index contributed by atoms with van der Waals surface area (Å²) in [4.78, 5) is -0.106. The van der Waals surface area contributed by atoms with Crippen LogP contribution < -0.4 is 4.74 Å². The fourth-order valence-corrected chi connectivity index (χ4v) is 2.01. The molecule has 0 spiro atoms. The van der Waals surface area contributed by atoms with Crippen LogP contribution in [0.5, 0.6) is 5.75 Å². The minimum Gasteiger partial charge on any atom is -0.497 e. The normalized spacial score (nSPS) is 10.9. The van der Waals surface area contributed by atoms with Crippen LogP contribution >= 0.6 is 0 Å². The van der Waals surface area contributed by atoms with Gasteiger partial charge in [0.1, 0.15) is 5.75 Å². The Morgan fingerprint density at radius 2 is 1.65 bits per heavy atom. The molecule has 0 aliphatic carbocycles. The largest absolute Gasteiger partial charge is 0.497 e. The Bertz CT molecular complexity index is 637. The maximum atomic E-state index is 10.9. The van der Waals surface area contributed by atoms with Gasteiger partial charge in [0.25, 0.3) is 10.1 Å². The molecule has 2 rings (SSSR count). The van der Waals surface area contributed by atoms with E-state index in [0.29, 0.717) is 5.75 Å². The number of ether oxygens (including phenoxy) is 1. The van der Waals surface area contributed by atoms with Gasteiger partial charge in [0.05, 0.1) is 12.0 Å². The van der Waals surface area contributed by atoms with Crippen molar-refractivity contribution in [2.45, 2.75) is 4.90 Å². The van der Waals surface area contributed by atoms with Crippen molar-refractivity contribution in [1.82, 2.24) is 0 Å². The molecular weight excluding hydrogens is 284 g/mol. The molecule has 0 atom stereocenters. The molecule has 2 aromatic rings. The van der Waals surface area contributed by atoms with E-state index >= 15 is 0 Å². The Balaban J connectivity index is 0.00000144. The molecule has 2 aromatic carbocycles. The van der Waals surface area contributed by atoms with Crippen LogP contribution in [0.1, 0.15) is 0 Å². The van der Waals surface area contributed by atoms with Crippen molar-refractivity contribution in [2.24, 2.45) is 0 Å². The van der Waals surface area contributed by atoms with Gasteiger partial charge in [-0.1, -0.05) is 12.1 Å². The SMILES string of the molecule is COc1ccc2cc(S(=O)(=O)O)ccc2c1.[Fe]. The zero-order valence-corrected chi connectivity index (χ0v) is 10.8. The van der Waals surface area contributed by atoms with Crippen LogP contribution in [0.15, 0.2) is 41.3 Å². The molecule has 0 unspecified atom stereocenters. The Morgan fingerprint density at radius 3 is 2.24 bits per heavy atom. The maximum Gasteiger partial charge on any atom is 0.294 e. The molecular formula is C11H10FeO4S. The topological polar surface area (TPSA) is 63.6 Å².